The molecule has 2 nitrogen and oxygen atoms in total. The van der Waals surface area contributed by atoms with Crippen LogP contribution in [0.3, 0.4) is 0 Å². The van der Waals surface area contributed by atoms with E-state index in [0.29, 0.717) is 0 Å². The lowest BCUT2D eigenvalue weighted by atomic mass is 10.0. The minimum atomic E-state index is 0.813. The maximum absolute atomic E-state index is 5.58. The van der Waals surface area contributed by atoms with Crippen molar-refractivity contribution in [1.29, 1.82) is 0 Å². The molecule has 116 valence electrons. The lowest BCUT2D eigenvalue weighted by Crippen LogP contribution is -2.11. The standard InChI is InChI=1S/C20H19NOS/c1-3-17(18-5-6-20-19(11-18)7-9-22-20)4-2-15(1)12-21-13-16-8-10-23-14-16/h1-6,8,10-11,14,21H,7,9,12-13H2. The number of hydrogen-bond donors (Lipinski definition) is 1. The van der Waals surface area contributed by atoms with Gasteiger partial charge in [-0.15, -0.1) is 0 Å². The minimum Gasteiger partial charge on any atom is -0.493 e. The summed E-state index contributed by atoms with van der Waals surface area (Å²) in [5, 5.41) is 7.79. The summed E-state index contributed by atoms with van der Waals surface area (Å²) in [6, 6.07) is 17.5. The number of nitrogens with one attached hydrogen (secondary N) is 1. The van der Waals surface area contributed by atoms with E-state index in [4.69, 9.17) is 4.74 Å². The van der Waals surface area contributed by atoms with Gasteiger partial charge >= 0.3 is 0 Å². The fourth-order valence-electron chi connectivity index (χ4n) is 2.93. The number of thiophene rings is 1. The molecule has 0 bridgehead atoms. The SMILES string of the molecule is c1cc(CNCc2ccc(-c3ccc4c(c3)CCO4)cc2)cs1. The van der Waals surface area contributed by atoms with Crippen molar-refractivity contribution < 1.29 is 4.74 Å². The molecule has 0 radical (unpaired) electrons. The summed E-state index contributed by atoms with van der Waals surface area (Å²) in [5.41, 5.74) is 6.53. The van der Waals surface area contributed by atoms with Crippen LogP contribution >= 0.6 is 11.3 Å². The van der Waals surface area contributed by atoms with Gasteiger partial charge < -0.3 is 10.1 Å². The van der Waals surface area contributed by atoms with Crippen LogP contribution in [0.2, 0.25) is 0 Å². The van der Waals surface area contributed by atoms with Gasteiger partial charge in [0, 0.05) is 19.5 Å². The highest BCUT2D eigenvalue weighted by Crippen LogP contribution is 2.30. The van der Waals surface area contributed by atoms with Gasteiger partial charge in [0.15, 0.2) is 0 Å². The van der Waals surface area contributed by atoms with Crippen molar-refractivity contribution in [2.75, 3.05) is 6.61 Å². The molecular formula is C20H19NOS. The average molecular weight is 321 g/mol. The van der Waals surface area contributed by atoms with Gasteiger partial charge in [-0.05, 0) is 56.8 Å². The molecule has 4 rings (SSSR count). The first-order chi connectivity index (χ1) is 11.4. The third-order valence-electron chi connectivity index (χ3n) is 4.22. The summed E-state index contributed by atoms with van der Waals surface area (Å²) in [5.74, 6) is 1.04. The molecule has 0 saturated carbocycles. The molecule has 0 amide bonds. The Hall–Kier alpha value is -2.10. The van der Waals surface area contributed by atoms with Crippen LogP contribution < -0.4 is 10.1 Å². The first-order valence-corrected chi connectivity index (χ1v) is 8.89. The van der Waals surface area contributed by atoms with Gasteiger partial charge in [0.1, 0.15) is 5.75 Å². The van der Waals surface area contributed by atoms with Crippen molar-refractivity contribution in [1.82, 2.24) is 5.32 Å². The zero-order chi connectivity index (χ0) is 15.5. The fourth-order valence-corrected chi connectivity index (χ4v) is 3.59. The molecule has 23 heavy (non-hydrogen) atoms. The molecule has 1 aliphatic heterocycles. The van der Waals surface area contributed by atoms with Gasteiger partial charge in [-0.25, -0.2) is 0 Å². The second kappa shape index (κ2) is 6.57. The Kier molecular flexibility index (Phi) is 4.14. The van der Waals surface area contributed by atoms with Gasteiger partial charge in [0.05, 0.1) is 6.61 Å². The molecule has 3 heteroatoms. The summed E-state index contributed by atoms with van der Waals surface area (Å²) in [7, 11) is 0. The van der Waals surface area contributed by atoms with E-state index in [9.17, 15) is 0 Å². The highest BCUT2D eigenvalue weighted by atomic mass is 32.1. The topological polar surface area (TPSA) is 21.3 Å². The Morgan fingerprint density at radius 2 is 1.74 bits per heavy atom. The number of rotatable bonds is 5. The lowest BCUT2D eigenvalue weighted by Gasteiger charge is -2.07. The maximum Gasteiger partial charge on any atom is 0.122 e. The Morgan fingerprint density at radius 3 is 2.57 bits per heavy atom. The molecule has 3 aromatic rings. The predicted octanol–water partition coefficient (Wildman–Crippen LogP) is 4.64. The van der Waals surface area contributed by atoms with Gasteiger partial charge in [0.2, 0.25) is 0 Å². The van der Waals surface area contributed by atoms with Gasteiger partial charge in [-0.2, -0.15) is 11.3 Å². The highest BCUT2D eigenvalue weighted by Gasteiger charge is 2.12. The van der Waals surface area contributed by atoms with Crippen molar-refractivity contribution in [3.8, 4) is 16.9 Å². The molecule has 0 unspecified atom stereocenters. The number of benzene rings is 2. The summed E-state index contributed by atoms with van der Waals surface area (Å²) >= 11 is 1.74. The van der Waals surface area contributed by atoms with E-state index in [2.05, 4.69) is 64.6 Å². The molecular weight excluding hydrogens is 302 g/mol. The van der Waals surface area contributed by atoms with Crippen LogP contribution in [-0.4, -0.2) is 6.61 Å². The van der Waals surface area contributed by atoms with Gasteiger partial charge in [-0.3, -0.25) is 0 Å². The highest BCUT2D eigenvalue weighted by molar-refractivity contribution is 7.07. The predicted molar refractivity (Wildman–Crippen MR) is 95.9 cm³/mol. The molecule has 2 heterocycles. The van der Waals surface area contributed by atoms with Crippen molar-refractivity contribution in [3.63, 3.8) is 0 Å². The van der Waals surface area contributed by atoms with Crippen molar-refractivity contribution in [2.45, 2.75) is 19.5 Å². The van der Waals surface area contributed by atoms with Crippen LogP contribution in [0, 0.1) is 0 Å². The van der Waals surface area contributed by atoms with Crippen LogP contribution in [0.25, 0.3) is 11.1 Å². The van der Waals surface area contributed by atoms with Gasteiger partial charge in [-0.1, -0.05) is 30.3 Å². The van der Waals surface area contributed by atoms with E-state index in [1.807, 2.05) is 0 Å². The molecule has 2 aromatic carbocycles. The molecule has 0 atom stereocenters. The second-order valence-electron chi connectivity index (χ2n) is 5.85. The maximum atomic E-state index is 5.58. The van der Waals surface area contributed by atoms with Crippen LogP contribution in [0.15, 0.2) is 59.3 Å². The van der Waals surface area contributed by atoms with E-state index in [-0.39, 0.29) is 0 Å². The Balaban J connectivity index is 1.41. The molecule has 0 saturated heterocycles. The number of ether oxygens (including phenoxy) is 1. The Labute approximate surface area is 140 Å². The zero-order valence-corrected chi connectivity index (χ0v) is 13.7. The molecule has 1 N–H and O–H groups in total. The smallest absolute Gasteiger partial charge is 0.122 e. The third-order valence-corrected chi connectivity index (χ3v) is 4.95. The largest absolute Gasteiger partial charge is 0.493 e. The van der Waals surface area contributed by atoms with E-state index < -0.39 is 0 Å². The second-order valence-corrected chi connectivity index (χ2v) is 6.63. The molecule has 1 aliphatic rings. The van der Waals surface area contributed by atoms with Crippen LogP contribution in [0.5, 0.6) is 5.75 Å². The monoisotopic (exact) mass is 321 g/mol. The molecule has 0 aliphatic carbocycles. The van der Waals surface area contributed by atoms with Crippen molar-refractivity contribution in [3.05, 3.63) is 76.0 Å². The quantitative estimate of drug-likeness (QED) is 0.739. The van der Waals surface area contributed by atoms with Crippen molar-refractivity contribution in [2.24, 2.45) is 0 Å². The summed E-state index contributed by atoms with van der Waals surface area (Å²) < 4.78 is 5.58. The molecule has 1 aromatic heterocycles. The first-order valence-electron chi connectivity index (χ1n) is 7.95. The number of fused-ring (bicyclic) bond motifs is 1. The lowest BCUT2D eigenvalue weighted by molar-refractivity contribution is 0.357. The van der Waals surface area contributed by atoms with Crippen molar-refractivity contribution >= 4 is 11.3 Å². The van der Waals surface area contributed by atoms with Crippen LogP contribution in [-0.2, 0) is 19.5 Å². The summed E-state index contributed by atoms with van der Waals surface area (Å²) in [6.45, 7) is 2.64. The third kappa shape index (κ3) is 3.31. The summed E-state index contributed by atoms with van der Waals surface area (Å²) in [6.07, 6.45) is 1.02. The van der Waals surface area contributed by atoms with Crippen LogP contribution in [0.4, 0.5) is 0 Å². The number of hydrogen-bond acceptors (Lipinski definition) is 3. The first kappa shape index (κ1) is 14.5. The zero-order valence-electron chi connectivity index (χ0n) is 12.9. The van der Waals surface area contributed by atoms with E-state index in [1.165, 1.54) is 27.8 Å². The van der Waals surface area contributed by atoms with Gasteiger partial charge in [0.25, 0.3) is 0 Å². The van der Waals surface area contributed by atoms with E-state index in [1.54, 1.807) is 11.3 Å². The molecule has 0 spiro atoms. The summed E-state index contributed by atoms with van der Waals surface area (Å²) in [4.78, 5) is 0. The molecule has 0 fully saturated rings. The fraction of sp³-hybridized carbons (Fsp3) is 0.200. The Morgan fingerprint density at radius 1 is 0.913 bits per heavy atom. The van der Waals surface area contributed by atoms with E-state index >= 15 is 0 Å². The van der Waals surface area contributed by atoms with Crippen LogP contribution in [0.1, 0.15) is 16.7 Å². The average Bonchev–Trinajstić information content (AvgIpc) is 3.26. The normalized spacial score (nSPS) is 12.9. The van der Waals surface area contributed by atoms with E-state index in [0.717, 1.165) is 31.9 Å². The minimum absolute atomic E-state index is 0.813. The Bertz CT molecular complexity index is 778.